The summed E-state index contributed by atoms with van der Waals surface area (Å²) in [5.74, 6) is -1.31. The predicted octanol–water partition coefficient (Wildman–Crippen LogP) is 4.08. The molecule has 202 valence electrons. The third kappa shape index (κ3) is 7.87. The normalized spacial score (nSPS) is 11.7. The standard InChI is InChI=1S/C24H26F3N7O3S/c25-24(26,27)37-18-8-15(7-17(9-18)23(28)35)12-29-3-1-2-5-36-6-4-30-20-10-16(22-14-32-34-38-22)11-21-19(20)13-31-33-21/h7-11,13-14,29-30H,1-6,12H2,(H2,28,35)(H,31,33). The highest BCUT2D eigenvalue weighted by molar-refractivity contribution is 7.09. The molecule has 0 bridgehead atoms. The van der Waals surface area contributed by atoms with Gasteiger partial charge in [-0.05, 0) is 72.4 Å². The van der Waals surface area contributed by atoms with E-state index in [1.54, 1.807) is 12.4 Å². The molecule has 0 aliphatic rings. The van der Waals surface area contributed by atoms with Crippen LogP contribution < -0.4 is 21.1 Å². The topological polar surface area (TPSA) is 140 Å². The molecule has 38 heavy (non-hydrogen) atoms. The Kier molecular flexibility index (Phi) is 9.10. The summed E-state index contributed by atoms with van der Waals surface area (Å²) in [7, 11) is 0. The molecule has 0 aliphatic carbocycles. The molecule has 0 aliphatic heterocycles. The molecule has 0 radical (unpaired) electrons. The molecular weight excluding hydrogens is 523 g/mol. The largest absolute Gasteiger partial charge is 0.573 e. The summed E-state index contributed by atoms with van der Waals surface area (Å²) in [6, 6.07) is 7.69. The van der Waals surface area contributed by atoms with Crippen LogP contribution >= 0.6 is 11.5 Å². The fourth-order valence-corrected chi connectivity index (χ4v) is 4.28. The summed E-state index contributed by atoms with van der Waals surface area (Å²) < 4.78 is 51.2. The lowest BCUT2D eigenvalue weighted by molar-refractivity contribution is -0.274. The van der Waals surface area contributed by atoms with E-state index >= 15 is 0 Å². The fraction of sp³-hybridized carbons (Fsp3) is 0.333. The highest BCUT2D eigenvalue weighted by atomic mass is 32.1. The van der Waals surface area contributed by atoms with Crippen LogP contribution in [0.2, 0.25) is 0 Å². The third-order valence-corrected chi connectivity index (χ3v) is 6.19. The molecule has 2 heterocycles. The van der Waals surface area contributed by atoms with E-state index in [0.29, 0.717) is 31.9 Å². The number of carbonyl (C=O) groups is 1. The number of benzene rings is 2. The molecule has 2 aromatic heterocycles. The van der Waals surface area contributed by atoms with Crippen LogP contribution in [0.3, 0.4) is 0 Å². The number of fused-ring (bicyclic) bond motifs is 1. The number of ether oxygens (including phenoxy) is 2. The Balaban J connectivity index is 1.14. The van der Waals surface area contributed by atoms with Crippen molar-refractivity contribution in [3.05, 3.63) is 53.9 Å². The number of primary amides is 1. The number of rotatable bonds is 14. The monoisotopic (exact) mass is 549 g/mol. The minimum atomic E-state index is -4.86. The maximum atomic E-state index is 12.5. The highest BCUT2D eigenvalue weighted by Gasteiger charge is 2.31. The van der Waals surface area contributed by atoms with Crippen LogP contribution in [0.5, 0.6) is 5.75 Å². The lowest BCUT2D eigenvalue weighted by atomic mass is 10.1. The number of aromatic amines is 1. The van der Waals surface area contributed by atoms with Crippen LogP contribution in [-0.4, -0.2) is 58.4 Å². The number of anilines is 1. The number of H-pyrrole nitrogens is 1. The molecule has 0 saturated carbocycles. The molecule has 14 heteroatoms. The Bertz CT molecular complexity index is 1350. The van der Waals surface area contributed by atoms with E-state index in [2.05, 4.69) is 35.2 Å². The van der Waals surface area contributed by atoms with Gasteiger partial charge in [-0.15, -0.1) is 18.3 Å². The molecular formula is C24H26F3N7O3S. The van der Waals surface area contributed by atoms with E-state index in [1.165, 1.54) is 23.7 Å². The molecule has 5 N–H and O–H groups in total. The minimum absolute atomic E-state index is 0.0497. The fourth-order valence-electron chi connectivity index (χ4n) is 3.78. The molecule has 10 nitrogen and oxygen atoms in total. The molecule has 0 saturated heterocycles. The number of nitrogens with two attached hydrogens (primary N) is 1. The molecule has 0 atom stereocenters. The van der Waals surface area contributed by atoms with E-state index < -0.39 is 18.0 Å². The molecule has 0 fully saturated rings. The SMILES string of the molecule is NC(=O)c1cc(CNCCCCOCCNc2cc(-c3cnns3)cc3[nH]ncc23)cc(OC(F)(F)F)c1. The molecule has 0 spiro atoms. The number of hydrogen-bond acceptors (Lipinski definition) is 9. The second-order valence-electron chi connectivity index (χ2n) is 8.34. The first-order valence-electron chi connectivity index (χ1n) is 11.8. The zero-order valence-electron chi connectivity index (χ0n) is 20.2. The number of nitrogens with one attached hydrogen (secondary N) is 3. The van der Waals surface area contributed by atoms with Crippen LogP contribution in [0.15, 0.2) is 42.7 Å². The Hall–Kier alpha value is -3.75. The number of carbonyl (C=O) groups excluding carboxylic acids is 1. The number of aromatic nitrogens is 4. The van der Waals surface area contributed by atoms with Crippen molar-refractivity contribution in [1.82, 2.24) is 25.1 Å². The first-order valence-corrected chi connectivity index (χ1v) is 12.5. The van der Waals surface area contributed by atoms with Crippen molar-refractivity contribution < 1.29 is 27.4 Å². The van der Waals surface area contributed by atoms with Crippen molar-refractivity contribution in [3.8, 4) is 16.2 Å². The maximum Gasteiger partial charge on any atom is 0.573 e. The van der Waals surface area contributed by atoms with Crippen LogP contribution in [0, 0.1) is 0 Å². The Labute approximate surface area is 219 Å². The lowest BCUT2D eigenvalue weighted by Crippen LogP contribution is -2.20. The predicted molar refractivity (Wildman–Crippen MR) is 137 cm³/mol. The van der Waals surface area contributed by atoms with Crippen molar-refractivity contribution in [3.63, 3.8) is 0 Å². The second-order valence-corrected chi connectivity index (χ2v) is 9.12. The Morgan fingerprint density at radius 2 is 1.95 bits per heavy atom. The number of alkyl halides is 3. The lowest BCUT2D eigenvalue weighted by Gasteiger charge is -2.12. The van der Waals surface area contributed by atoms with Gasteiger partial charge in [0.2, 0.25) is 5.91 Å². The van der Waals surface area contributed by atoms with Crippen LogP contribution in [0.4, 0.5) is 18.9 Å². The number of unbranched alkanes of at least 4 members (excludes halogenated alkanes) is 1. The molecule has 2 aromatic carbocycles. The first-order chi connectivity index (χ1) is 18.3. The van der Waals surface area contributed by atoms with Gasteiger partial charge in [0.25, 0.3) is 0 Å². The number of amides is 1. The van der Waals surface area contributed by atoms with Gasteiger partial charge in [0.15, 0.2) is 0 Å². The smallest absolute Gasteiger partial charge is 0.406 e. The van der Waals surface area contributed by atoms with Gasteiger partial charge < -0.3 is 25.8 Å². The first kappa shape index (κ1) is 27.3. The second kappa shape index (κ2) is 12.7. The van der Waals surface area contributed by atoms with E-state index in [4.69, 9.17) is 10.5 Å². The summed E-state index contributed by atoms with van der Waals surface area (Å²) in [5, 5.41) is 18.5. The van der Waals surface area contributed by atoms with Gasteiger partial charge in [-0.3, -0.25) is 9.89 Å². The number of hydrogen-bond donors (Lipinski definition) is 4. The van der Waals surface area contributed by atoms with E-state index in [0.717, 1.165) is 45.9 Å². The van der Waals surface area contributed by atoms with E-state index in [-0.39, 0.29) is 12.1 Å². The number of halogens is 3. The highest BCUT2D eigenvalue weighted by Crippen LogP contribution is 2.31. The molecule has 4 aromatic rings. The average Bonchev–Trinajstić information content (AvgIpc) is 3.56. The molecule has 1 amide bonds. The van der Waals surface area contributed by atoms with Crippen LogP contribution in [-0.2, 0) is 11.3 Å². The van der Waals surface area contributed by atoms with Gasteiger partial charge in [0.1, 0.15) is 5.75 Å². The van der Waals surface area contributed by atoms with Crippen molar-refractivity contribution in [2.24, 2.45) is 5.73 Å². The van der Waals surface area contributed by atoms with Crippen molar-refractivity contribution in [2.75, 3.05) is 31.6 Å². The van der Waals surface area contributed by atoms with E-state index in [9.17, 15) is 18.0 Å². The Morgan fingerprint density at radius 1 is 1.08 bits per heavy atom. The molecule has 4 rings (SSSR count). The van der Waals surface area contributed by atoms with Gasteiger partial charge >= 0.3 is 6.36 Å². The minimum Gasteiger partial charge on any atom is -0.406 e. The van der Waals surface area contributed by atoms with Gasteiger partial charge in [0, 0.05) is 36.3 Å². The summed E-state index contributed by atoms with van der Waals surface area (Å²) in [4.78, 5) is 12.4. The zero-order valence-corrected chi connectivity index (χ0v) is 21.0. The summed E-state index contributed by atoms with van der Waals surface area (Å²) in [6.45, 7) is 2.58. The van der Waals surface area contributed by atoms with Gasteiger partial charge in [-0.2, -0.15) is 5.10 Å². The maximum absolute atomic E-state index is 12.5. The summed E-state index contributed by atoms with van der Waals surface area (Å²) in [6.07, 6.45) is 0.244. The van der Waals surface area contributed by atoms with Crippen LogP contribution in [0.25, 0.3) is 21.3 Å². The Morgan fingerprint density at radius 3 is 2.71 bits per heavy atom. The van der Waals surface area contributed by atoms with Gasteiger partial charge in [-0.25, -0.2) is 0 Å². The van der Waals surface area contributed by atoms with Gasteiger partial charge in [-0.1, -0.05) is 4.49 Å². The van der Waals surface area contributed by atoms with Gasteiger partial charge in [0.05, 0.1) is 29.4 Å². The van der Waals surface area contributed by atoms with Crippen LogP contribution in [0.1, 0.15) is 28.8 Å². The molecule has 0 unspecified atom stereocenters. The van der Waals surface area contributed by atoms with E-state index in [1.807, 2.05) is 12.1 Å². The number of nitrogens with zero attached hydrogens (tertiary/aromatic N) is 3. The zero-order chi connectivity index (χ0) is 27.0. The summed E-state index contributed by atoms with van der Waals surface area (Å²) >= 11 is 1.32. The third-order valence-electron chi connectivity index (χ3n) is 5.47. The van der Waals surface area contributed by atoms with Crippen molar-refractivity contribution in [2.45, 2.75) is 25.7 Å². The van der Waals surface area contributed by atoms with Crippen molar-refractivity contribution >= 4 is 34.0 Å². The average molecular weight is 550 g/mol. The quantitative estimate of drug-likeness (QED) is 0.173. The van der Waals surface area contributed by atoms with Crippen molar-refractivity contribution in [1.29, 1.82) is 0 Å². The summed E-state index contributed by atoms with van der Waals surface area (Å²) in [5.41, 5.74) is 8.48.